The number of fused-ring (bicyclic) bond motifs is 2. The fraction of sp³-hybridized carbons (Fsp3) is 0.419. The number of ether oxygens (including phenoxy) is 2. The van der Waals surface area contributed by atoms with Gasteiger partial charge >= 0.3 is 12.1 Å². The Morgan fingerprint density at radius 2 is 1.95 bits per heavy atom. The van der Waals surface area contributed by atoms with Crippen molar-refractivity contribution in [1.29, 1.82) is 0 Å². The van der Waals surface area contributed by atoms with E-state index in [1.807, 2.05) is 56.7 Å². The van der Waals surface area contributed by atoms with E-state index in [-0.39, 0.29) is 11.6 Å². The van der Waals surface area contributed by atoms with Crippen LogP contribution in [0.4, 0.5) is 4.79 Å². The van der Waals surface area contributed by atoms with Crippen molar-refractivity contribution in [3.8, 4) is 17.3 Å². The number of pyridine rings is 1. The van der Waals surface area contributed by atoms with E-state index in [2.05, 4.69) is 23.4 Å². The summed E-state index contributed by atoms with van der Waals surface area (Å²) in [5.74, 6) is 0.0526. The van der Waals surface area contributed by atoms with Gasteiger partial charge in [-0.25, -0.2) is 19.6 Å². The molecule has 0 spiro atoms. The normalized spacial score (nSPS) is 12.4. The number of aromatic carboxylic acids is 1. The lowest BCUT2D eigenvalue weighted by atomic mass is 10.1. The van der Waals surface area contributed by atoms with Gasteiger partial charge in [-0.05, 0) is 70.4 Å². The van der Waals surface area contributed by atoms with Crippen LogP contribution in [0, 0.1) is 0 Å². The number of allylic oxidation sites excluding steroid dienone is 1. The Balaban J connectivity index is 1.85. The number of alkyl carbamates (subject to hydrolysis) is 1. The number of benzene rings is 1. The van der Waals surface area contributed by atoms with E-state index >= 15 is 0 Å². The van der Waals surface area contributed by atoms with Gasteiger partial charge in [0.15, 0.2) is 5.82 Å². The minimum Gasteiger partial charge on any atom is -0.494 e. The van der Waals surface area contributed by atoms with Crippen LogP contribution in [0.3, 0.4) is 0 Å². The largest absolute Gasteiger partial charge is 0.494 e. The molecule has 10 heteroatoms. The minimum atomic E-state index is -1.05. The molecule has 10 nitrogen and oxygen atoms in total. The number of carboxylic acid groups (broad SMARTS) is 1. The second-order valence-electron chi connectivity index (χ2n) is 11.1. The number of nitrogens with one attached hydrogen (secondary N) is 1. The van der Waals surface area contributed by atoms with Crippen LogP contribution in [-0.4, -0.2) is 49.0 Å². The van der Waals surface area contributed by atoms with Crippen LogP contribution in [0.2, 0.25) is 0 Å². The lowest BCUT2D eigenvalue weighted by molar-refractivity contribution is 0.0499. The smallest absolute Gasteiger partial charge is 0.408 e. The second-order valence-corrected chi connectivity index (χ2v) is 11.1. The molecule has 1 aromatic carbocycles. The van der Waals surface area contributed by atoms with Gasteiger partial charge in [-0.2, -0.15) is 0 Å². The van der Waals surface area contributed by atoms with Crippen LogP contribution < -0.4 is 10.1 Å². The van der Waals surface area contributed by atoms with Gasteiger partial charge in [0.05, 0.1) is 35.6 Å². The summed E-state index contributed by atoms with van der Waals surface area (Å²) in [6.45, 7) is 12.1. The molecular formula is C31H39N5O5. The molecule has 2 N–H and O–H groups in total. The molecule has 0 aliphatic heterocycles. The lowest BCUT2D eigenvalue weighted by Gasteiger charge is -2.23. The lowest BCUT2D eigenvalue weighted by Crippen LogP contribution is -2.35. The van der Waals surface area contributed by atoms with Gasteiger partial charge in [0.2, 0.25) is 0 Å². The third-order valence-electron chi connectivity index (χ3n) is 6.81. The number of nitrogens with zero attached hydrogens (tertiary/aromatic N) is 4. The predicted molar refractivity (Wildman–Crippen MR) is 159 cm³/mol. The van der Waals surface area contributed by atoms with E-state index < -0.39 is 17.7 Å². The minimum absolute atomic E-state index is 0.108. The van der Waals surface area contributed by atoms with Crippen LogP contribution >= 0.6 is 0 Å². The summed E-state index contributed by atoms with van der Waals surface area (Å²) in [6.07, 6.45) is 4.64. The van der Waals surface area contributed by atoms with Crippen molar-refractivity contribution in [2.24, 2.45) is 7.05 Å². The Labute approximate surface area is 240 Å². The fourth-order valence-electron chi connectivity index (χ4n) is 4.99. The Morgan fingerprint density at radius 1 is 1.20 bits per heavy atom. The molecule has 41 heavy (non-hydrogen) atoms. The van der Waals surface area contributed by atoms with E-state index in [1.54, 1.807) is 6.07 Å². The Morgan fingerprint density at radius 3 is 2.59 bits per heavy atom. The fourth-order valence-corrected chi connectivity index (χ4v) is 4.99. The number of unbranched alkanes of at least 4 members (excludes halogenated alkanes) is 1. The van der Waals surface area contributed by atoms with E-state index in [4.69, 9.17) is 19.4 Å². The molecule has 0 unspecified atom stereocenters. The number of hydrogen-bond donors (Lipinski definition) is 2. The van der Waals surface area contributed by atoms with Crippen LogP contribution in [0.25, 0.3) is 33.6 Å². The first-order chi connectivity index (χ1) is 19.5. The average Bonchev–Trinajstić information content (AvgIpc) is 3.43. The zero-order valence-electron chi connectivity index (χ0n) is 24.7. The molecule has 1 amide bonds. The molecule has 0 bridgehead atoms. The SMILES string of the molecule is C=CCCCn1c(-c2nc3cc(C(=O)O)cc(OC)c3n2C)cc2ccc([C@@H](CCC)NC(=O)OC(C)(C)C)nc21. The maximum atomic E-state index is 12.6. The Bertz CT molecular complexity index is 1590. The average molecular weight is 562 g/mol. The summed E-state index contributed by atoms with van der Waals surface area (Å²) in [7, 11) is 3.41. The highest BCUT2D eigenvalue weighted by atomic mass is 16.6. The third-order valence-corrected chi connectivity index (χ3v) is 6.81. The molecule has 0 saturated carbocycles. The first-order valence-corrected chi connectivity index (χ1v) is 13.9. The van der Waals surface area contributed by atoms with Crippen molar-refractivity contribution < 1.29 is 24.2 Å². The summed E-state index contributed by atoms with van der Waals surface area (Å²) < 4.78 is 15.1. The second kappa shape index (κ2) is 12.0. The first-order valence-electron chi connectivity index (χ1n) is 13.9. The molecule has 218 valence electrons. The Kier molecular flexibility index (Phi) is 8.70. The van der Waals surface area contributed by atoms with Gasteiger partial charge in [-0.15, -0.1) is 6.58 Å². The van der Waals surface area contributed by atoms with E-state index in [1.165, 1.54) is 13.2 Å². The molecule has 4 aromatic rings. The summed E-state index contributed by atoms with van der Waals surface area (Å²) in [5, 5.41) is 13.5. The van der Waals surface area contributed by atoms with Crippen LogP contribution in [0.1, 0.15) is 75.5 Å². The van der Waals surface area contributed by atoms with Gasteiger partial charge in [-0.1, -0.05) is 19.4 Å². The van der Waals surface area contributed by atoms with Crippen molar-refractivity contribution in [2.45, 2.75) is 71.6 Å². The number of methoxy groups -OCH3 is 1. The molecular weight excluding hydrogens is 522 g/mol. The summed E-state index contributed by atoms with van der Waals surface area (Å²) >= 11 is 0. The number of aromatic nitrogens is 4. The molecule has 3 heterocycles. The number of carbonyl (C=O) groups excluding carboxylic acids is 1. The topological polar surface area (TPSA) is 120 Å². The Hall–Kier alpha value is -4.34. The van der Waals surface area contributed by atoms with Crippen molar-refractivity contribution in [3.63, 3.8) is 0 Å². The number of hydrogen-bond acceptors (Lipinski definition) is 6. The number of aryl methyl sites for hydroxylation is 2. The van der Waals surface area contributed by atoms with Crippen molar-refractivity contribution >= 4 is 34.1 Å². The molecule has 0 saturated heterocycles. The monoisotopic (exact) mass is 561 g/mol. The summed E-state index contributed by atoms with van der Waals surface area (Å²) in [4.78, 5) is 34.2. The van der Waals surface area contributed by atoms with Crippen molar-refractivity contribution in [3.05, 3.63) is 54.2 Å². The van der Waals surface area contributed by atoms with Crippen molar-refractivity contribution in [1.82, 2.24) is 24.4 Å². The molecule has 0 aliphatic carbocycles. The van der Waals surface area contributed by atoms with E-state index in [0.29, 0.717) is 35.6 Å². The molecule has 1 atom stereocenters. The zero-order valence-corrected chi connectivity index (χ0v) is 24.7. The van der Waals surface area contributed by atoms with Gasteiger partial charge < -0.3 is 29.0 Å². The summed E-state index contributed by atoms with van der Waals surface area (Å²) in [5.41, 5.74) is 3.10. The zero-order chi connectivity index (χ0) is 29.9. The molecule has 4 rings (SSSR count). The van der Waals surface area contributed by atoms with Gasteiger partial charge in [0, 0.05) is 19.0 Å². The maximum absolute atomic E-state index is 12.6. The molecule has 3 aromatic heterocycles. The number of carbonyl (C=O) groups is 2. The highest BCUT2D eigenvalue weighted by molar-refractivity contribution is 5.96. The van der Waals surface area contributed by atoms with Crippen molar-refractivity contribution in [2.75, 3.05) is 7.11 Å². The maximum Gasteiger partial charge on any atom is 0.408 e. The number of imidazole rings is 1. The quantitative estimate of drug-likeness (QED) is 0.156. The van der Waals surface area contributed by atoms with Gasteiger partial charge in [0.25, 0.3) is 0 Å². The van der Waals surface area contributed by atoms with E-state index in [0.717, 1.165) is 41.7 Å². The molecule has 0 fully saturated rings. The predicted octanol–water partition coefficient (Wildman–Crippen LogP) is 6.63. The highest BCUT2D eigenvalue weighted by Crippen LogP contribution is 2.34. The molecule has 0 aliphatic rings. The van der Waals surface area contributed by atoms with Gasteiger partial charge in [0.1, 0.15) is 22.5 Å². The van der Waals surface area contributed by atoms with Crippen LogP contribution in [0.15, 0.2) is 43.0 Å². The number of carboxylic acids is 1. The molecule has 0 radical (unpaired) electrons. The van der Waals surface area contributed by atoms with E-state index in [9.17, 15) is 14.7 Å². The first kappa shape index (κ1) is 29.6. The standard InChI is InChI=1S/C31H39N5O5/c1-8-10-11-15-36-24(28-33-23-16-20(29(37)38)18-25(40-7)26(23)35(28)6)17-19-13-14-22(32-27(19)36)21(12-9-2)34-30(39)41-31(3,4)5/h8,13-14,16-18,21H,1,9-12,15H2,2-7H3,(H,34,39)(H,37,38)/t21-/m1/s1. The number of amides is 1. The summed E-state index contributed by atoms with van der Waals surface area (Å²) in [6, 6.07) is 8.75. The van der Waals surface area contributed by atoms with Crippen LogP contribution in [-0.2, 0) is 18.3 Å². The van der Waals surface area contributed by atoms with Gasteiger partial charge in [-0.3, -0.25) is 0 Å². The highest BCUT2D eigenvalue weighted by Gasteiger charge is 2.24. The third kappa shape index (κ3) is 6.37. The number of rotatable bonds is 11. The van der Waals surface area contributed by atoms with Crippen LogP contribution in [0.5, 0.6) is 5.75 Å².